The lowest BCUT2D eigenvalue weighted by Gasteiger charge is -1.98. The average molecular weight is 117 g/mol. The van der Waals surface area contributed by atoms with Gasteiger partial charge in [0.2, 0.25) is 0 Å². The molecule has 0 amide bonds. The maximum absolute atomic E-state index is 5.16. The zero-order valence-corrected chi connectivity index (χ0v) is 5.74. The van der Waals surface area contributed by atoms with Crippen LogP contribution in [0.2, 0.25) is 0 Å². The largest absolute Gasteiger partial charge is 0.380 e. The van der Waals surface area contributed by atoms with Crippen LogP contribution in [-0.2, 0) is 4.74 Å². The highest BCUT2D eigenvalue weighted by atomic mass is 16.5. The summed E-state index contributed by atoms with van der Waals surface area (Å²) in [4.78, 5) is 0. The number of hydrogen-bond donors (Lipinski definition) is 1. The maximum Gasteiger partial charge on any atom is 0.0590 e. The molecule has 1 N–H and O–H groups in total. The molecule has 8 heavy (non-hydrogen) atoms. The molecule has 0 aromatic heterocycles. The highest BCUT2D eigenvalue weighted by Gasteiger charge is 1.80. The second kappa shape index (κ2) is 6.92. The van der Waals surface area contributed by atoms with E-state index in [9.17, 15) is 0 Å². The number of ether oxygens (including phenoxy) is 1. The van der Waals surface area contributed by atoms with Crippen molar-refractivity contribution in [1.82, 2.24) is 5.32 Å². The minimum atomic E-state index is 0.838. The van der Waals surface area contributed by atoms with Crippen molar-refractivity contribution in [1.29, 1.82) is 0 Å². The van der Waals surface area contributed by atoms with Crippen LogP contribution in [0.15, 0.2) is 0 Å². The summed E-state index contributed by atoms with van der Waals surface area (Å²) in [7, 11) is 1.93. The molecule has 0 aromatic carbocycles. The van der Waals surface area contributed by atoms with Crippen LogP contribution >= 0.6 is 0 Å². The third kappa shape index (κ3) is 5.92. The molecule has 0 rings (SSSR count). The number of hydrogen-bond acceptors (Lipinski definition) is 2. The fourth-order valence-corrected chi connectivity index (χ4v) is 0.421. The second-order valence-electron chi connectivity index (χ2n) is 1.72. The molecular weight excluding hydrogens is 102 g/mol. The summed E-state index contributed by atoms with van der Waals surface area (Å²) in [5.74, 6) is 0. The molecule has 0 bridgehead atoms. The van der Waals surface area contributed by atoms with Crippen molar-refractivity contribution in [2.24, 2.45) is 0 Å². The van der Waals surface area contributed by atoms with Crippen LogP contribution in [0.25, 0.3) is 0 Å². The van der Waals surface area contributed by atoms with Crippen LogP contribution < -0.4 is 5.32 Å². The van der Waals surface area contributed by atoms with Crippen LogP contribution in [0.3, 0.4) is 0 Å². The minimum absolute atomic E-state index is 0.838. The van der Waals surface area contributed by atoms with E-state index in [1.54, 1.807) is 0 Å². The highest BCUT2D eigenvalue weighted by Crippen LogP contribution is 1.76. The Morgan fingerprint density at radius 1 is 1.38 bits per heavy atom. The van der Waals surface area contributed by atoms with Crippen LogP contribution in [-0.4, -0.2) is 26.8 Å². The highest BCUT2D eigenvalue weighted by molar-refractivity contribution is 4.34. The maximum atomic E-state index is 5.16. The van der Waals surface area contributed by atoms with Crippen molar-refractivity contribution in [2.75, 3.05) is 26.8 Å². The SMILES string of the molecule is CCCOCCNC. The molecule has 2 nitrogen and oxygen atoms in total. The quantitative estimate of drug-likeness (QED) is 0.533. The fourth-order valence-electron chi connectivity index (χ4n) is 0.421. The van der Waals surface area contributed by atoms with Gasteiger partial charge in [0.1, 0.15) is 0 Å². The zero-order chi connectivity index (χ0) is 6.24. The van der Waals surface area contributed by atoms with Crippen LogP contribution in [0.1, 0.15) is 13.3 Å². The summed E-state index contributed by atoms with van der Waals surface area (Å²) in [5, 5.41) is 3.00. The van der Waals surface area contributed by atoms with E-state index in [2.05, 4.69) is 12.2 Å². The van der Waals surface area contributed by atoms with E-state index in [1.807, 2.05) is 7.05 Å². The van der Waals surface area contributed by atoms with E-state index in [0.29, 0.717) is 0 Å². The molecule has 0 aliphatic rings. The lowest BCUT2D eigenvalue weighted by molar-refractivity contribution is 0.138. The number of likely N-dealkylation sites (N-methyl/N-ethyl adjacent to an activating group) is 1. The first-order valence-corrected chi connectivity index (χ1v) is 3.14. The Labute approximate surface area is 51.2 Å². The molecule has 0 aliphatic heterocycles. The molecule has 0 spiro atoms. The van der Waals surface area contributed by atoms with Gasteiger partial charge in [0.25, 0.3) is 0 Å². The summed E-state index contributed by atoms with van der Waals surface area (Å²) in [5.41, 5.74) is 0. The molecule has 0 unspecified atom stereocenters. The van der Waals surface area contributed by atoms with Crippen molar-refractivity contribution < 1.29 is 4.74 Å². The number of rotatable bonds is 5. The van der Waals surface area contributed by atoms with Gasteiger partial charge in [0.15, 0.2) is 0 Å². The molecule has 0 heterocycles. The van der Waals surface area contributed by atoms with Crippen molar-refractivity contribution in [3.63, 3.8) is 0 Å². The third-order valence-corrected chi connectivity index (χ3v) is 0.845. The molecule has 0 radical (unpaired) electrons. The molecule has 0 atom stereocenters. The van der Waals surface area contributed by atoms with Gasteiger partial charge in [0.05, 0.1) is 6.61 Å². The van der Waals surface area contributed by atoms with E-state index in [4.69, 9.17) is 4.74 Å². The van der Waals surface area contributed by atoms with Gasteiger partial charge < -0.3 is 10.1 Å². The molecule has 0 saturated heterocycles. The van der Waals surface area contributed by atoms with Crippen molar-refractivity contribution in [3.05, 3.63) is 0 Å². The van der Waals surface area contributed by atoms with E-state index < -0.39 is 0 Å². The average Bonchev–Trinajstić information content (AvgIpc) is 1.81. The summed E-state index contributed by atoms with van der Waals surface area (Å²) in [6.07, 6.45) is 1.11. The molecule has 2 heteroatoms. The molecule has 0 aliphatic carbocycles. The van der Waals surface area contributed by atoms with Gasteiger partial charge >= 0.3 is 0 Å². The lowest BCUT2D eigenvalue weighted by Crippen LogP contribution is -2.14. The number of nitrogens with one attached hydrogen (secondary N) is 1. The second-order valence-corrected chi connectivity index (χ2v) is 1.72. The molecule has 0 saturated carbocycles. The Bertz CT molecular complexity index is 33.5. The fraction of sp³-hybridized carbons (Fsp3) is 1.00. The predicted octanol–water partition coefficient (Wildman–Crippen LogP) is 0.632. The molecule has 0 fully saturated rings. The first-order chi connectivity index (χ1) is 3.91. The minimum Gasteiger partial charge on any atom is -0.380 e. The zero-order valence-electron chi connectivity index (χ0n) is 5.74. The van der Waals surface area contributed by atoms with Gasteiger partial charge in [-0.2, -0.15) is 0 Å². The van der Waals surface area contributed by atoms with E-state index >= 15 is 0 Å². The van der Waals surface area contributed by atoms with E-state index in [-0.39, 0.29) is 0 Å². The van der Waals surface area contributed by atoms with Crippen LogP contribution in [0.5, 0.6) is 0 Å². The Morgan fingerprint density at radius 2 is 2.12 bits per heavy atom. The normalized spacial score (nSPS) is 9.75. The summed E-state index contributed by atoms with van der Waals surface area (Å²) < 4.78 is 5.16. The summed E-state index contributed by atoms with van der Waals surface area (Å²) >= 11 is 0. The van der Waals surface area contributed by atoms with Crippen LogP contribution in [0.4, 0.5) is 0 Å². The van der Waals surface area contributed by atoms with Crippen molar-refractivity contribution in [3.8, 4) is 0 Å². The Morgan fingerprint density at radius 3 is 2.62 bits per heavy atom. The molecular formula is C6H15NO. The van der Waals surface area contributed by atoms with Gasteiger partial charge in [0, 0.05) is 13.2 Å². The molecule has 50 valence electrons. The summed E-state index contributed by atoms with van der Waals surface area (Å²) in [6.45, 7) is 4.80. The Balaban J connectivity index is 2.53. The predicted molar refractivity (Wildman–Crippen MR) is 35.0 cm³/mol. The first-order valence-electron chi connectivity index (χ1n) is 3.14. The van der Waals surface area contributed by atoms with Crippen molar-refractivity contribution >= 4 is 0 Å². The van der Waals surface area contributed by atoms with Gasteiger partial charge in [-0.25, -0.2) is 0 Å². The smallest absolute Gasteiger partial charge is 0.0590 e. The van der Waals surface area contributed by atoms with Crippen LogP contribution in [0, 0.1) is 0 Å². The van der Waals surface area contributed by atoms with Crippen molar-refractivity contribution in [2.45, 2.75) is 13.3 Å². The third-order valence-electron chi connectivity index (χ3n) is 0.845. The topological polar surface area (TPSA) is 21.3 Å². The Kier molecular flexibility index (Phi) is 6.85. The lowest BCUT2D eigenvalue weighted by atomic mass is 10.5. The standard InChI is InChI=1S/C6H15NO/c1-3-5-8-6-4-7-2/h7H,3-6H2,1-2H3. The van der Waals surface area contributed by atoms with Gasteiger partial charge in [-0.15, -0.1) is 0 Å². The first kappa shape index (κ1) is 7.92. The summed E-state index contributed by atoms with van der Waals surface area (Å²) in [6, 6.07) is 0. The molecule has 0 aromatic rings. The Hall–Kier alpha value is -0.0800. The van der Waals surface area contributed by atoms with Gasteiger partial charge in [-0.3, -0.25) is 0 Å². The van der Waals surface area contributed by atoms with E-state index in [1.165, 1.54) is 0 Å². The van der Waals surface area contributed by atoms with E-state index in [0.717, 1.165) is 26.2 Å². The monoisotopic (exact) mass is 117 g/mol. The van der Waals surface area contributed by atoms with Gasteiger partial charge in [-0.05, 0) is 13.5 Å². The van der Waals surface area contributed by atoms with Gasteiger partial charge in [-0.1, -0.05) is 6.92 Å².